The van der Waals surface area contributed by atoms with Crippen LogP contribution in [0.3, 0.4) is 0 Å². The standard InChI is InChI=1S/C30H37NO3/c1-5-34-18-28(33)27-15-14-26-24-12-8-20-16-22(32)11-13-23(20)29(24)25(17-30(26,27)2)19-6-9-21(10-7-19)31(3)4/h5-7,9-10,16,24-27H,1,8,11-15,17-18H2,2-4H3. The van der Waals surface area contributed by atoms with Crippen LogP contribution in [0.2, 0.25) is 0 Å². The van der Waals surface area contributed by atoms with Crippen LogP contribution in [0.5, 0.6) is 0 Å². The molecule has 5 rings (SSSR count). The summed E-state index contributed by atoms with van der Waals surface area (Å²) in [6.45, 7) is 6.12. The zero-order valence-corrected chi connectivity index (χ0v) is 20.8. The van der Waals surface area contributed by atoms with Gasteiger partial charge in [-0.1, -0.05) is 31.2 Å². The van der Waals surface area contributed by atoms with Crippen molar-refractivity contribution in [2.45, 2.75) is 57.8 Å². The third kappa shape index (κ3) is 3.76. The molecule has 4 heteroatoms. The van der Waals surface area contributed by atoms with Crippen LogP contribution in [0.15, 0.2) is 59.9 Å². The maximum atomic E-state index is 13.2. The number of carbonyl (C=O) groups is 2. The molecule has 2 saturated carbocycles. The molecule has 0 saturated heterocycles. The lowest BCUT2D eigenvalue weighted by atomic mass is 9.51. The minimum Gasteiger partial charge on any atom is -0.494 e. The SMILES string of the molecule is C=COCC(=O)C1CCC2C3CCC4=CC(=O)CCC4=C3C(c3ccc(N(C)C)cc3)CC12C. The topological polar surface area (TPSA) is 46.6 Å². The monoisotopic (exact) mass is 459 g/mol. The molecule has 0 aliphatic heterocycles. The van der Waals surface area contributed by atoms with E-state index in [0.717, 1.165) is 38.5 Å². The fraction of sp³-hybridized carbons (Fsp3) is 0.533. The number of rotatable bonds is 6. The van der Waals surface area contributed by atoms with Gasteiger partial charge < -0.3 is 9.64 Å². The number of Topliss-reactive ketones (excluding diaryl/α,β-unsaturated/α-hetero) is 1. The molecule has 2 fully saturated rings. The average Bonchev–Trinajstić information content (AvgIpc) is 3.18. The summed E-state index contributed by atoms with van der Waals surface area (Å²) in [5, 5.41) is 0. The molecule has 1 aromatic rings. The highest BCUT2D eigenvalue weighted by Crippen LogP contribution is 2.65. The van der Waals surface area contributed by atoms with Crippen LogP contribution in [-0.2, 0) is 14.3 Å². The second-order valence-electron chi connectivity index (χ2n) is 11.1. The van der Waals surface area contributed by atoms with Crippen molar-refractivity contribution in [2.24, 2.45) is 23.2 Å². The van der Waals surface area contributed by atoms with Gasteiger partial charge in [0, 0.05) is 38.0 Å². The zero-order chi connectivity index (χ0) is 24.0. The lowest BCUT2D eigenvalue weighted by molar-refractivity contribution is -0.130. The van der Waals surface area contributed by atoms with Crippen LogP contribution in [0.25, 0.3) is 0 Å². The Morgan fingerprint density at radius 1 is 1.15 bits per heavy atom. The van der Waals surface area contributed by atoms with Crippen LogP contribution < -0.4 is 4.90 Å². The summed E-state index contributed by atoms with van der Waals surface area (Å²) < 4.78 is 5.33. The largest absolute Gasteiger partial charge is 0.494 e. The Morgan fingerprint density at radius 3 is 2.62 bits per heavy atom. The molecule has 0 bridgehead atoms. The number of carbonyl (C=O) groups excluding carboxylic acids is 2. The Kier molecular flexibility index (Phi) is 6.03. The van der Waals surface area contributed by atoms with Crippen molar-refractivity contribution in [1.29, 1.82) is 0 Å². The first kappa shape index (κ1) is 23.1. The number of benzene rings is 1. The van der Waals surface area contributed by atoms with Gasteiger partial charge in [0.15, 0.2) is 11.6 Å². The van der Waals surface area contributed by atoms with E-state index in [0.29, 0.717) is 24.2 Å². The van der Waals surface area contributed by atoms with Crippen LogP contribution >= 0.6 is 0 Å². The van der Waals surface area contributed by atoms with E-state index in [1.807, 2.05) is 6.08 Å². The summed E-state index contributed by atoms with van der Waals surface area (Å²) >= 11 is 0. The van der Waals surface area contributed by atoms with Gasteiger partial charge in [0.05, 0.1) is 6.26 Å². The van der Waals surface area contributed by atoms with Crippen LogP contribution in [0.1, 0.15) is 63.4 Å². The Hall–Kier alpha value is -2.62. The number of hydrogen-bond acceptors (Lipinski definition) is 4. The maximum Gasteiger partial charge on any atom is 0.173 e. The summed E-state index contributed by atoms with van der Waals surface area (Å²) in [4.78, 5) is 27.6. The van der Waals surface area contributed by atoms with Gasteiger partial charge in [-0.3, -0.25) is 9.59 Å². The molecule has 0 N–H and O–H groups in total. The summed E-state index contributed by atoms with van der Waals surface area (Å²) in [7, 11) is 4.14. The van der Waals surface area contributed by atoms with E-state index in [1.54, 1.807) is 5.57 Å². The van der Waals surface area contributed by atoms with Crippen LogP contribution in [-0.4, -0.2) is 32.3 Å². The van der Waals surface area contributed by atoms with Crippen molar-refractivity contribution in [2.75, 3.05) is 25.6 Å². The van der Waals surface area contributed by atoms with Gasteiger partial charge in [-0.25, -0.2) is 0 Å². The highest BCUT2D eigenvalue weighted by Gasteiger charge is 2.58. The third-order valence-corrected chi connectivity index (χ3v) is 9.28. The summed E-state index contributed by atoms with van der Waals surface area (Å²) in [6.07, 6.45) is 9.94. The molecular formula is C30H37NO3. The fourth-order valence-electron chi connectivity index (χ4n) is 7.73. The molecule has 0 spiro atoms. The molecule has 4 aliphatic rings. The van der Waals surface area contributed by atoms with Crippen molar-refractivity contribution >= 4 is 17.3 Å². The second kappa shape index (κ2) is 8.87. The smallest absolute Gasteiger partial charge is 0.173 e. The predicted molar refractivity (Wildman–Crippen MR) is 136 cm³/mol. The number of fused-ring (bicyclic) bond motifs is 4. The highest BCUT2D eigenvalue weighted by atomic mass is 16.5. The van der Waals surface area contributed by atoms with Gasteiger partial charge in [-0.05, 0) is 90.7 Å². The van der Waals surface area contributed by atoms with E-state index >= 15 is 0 Å². The molecule has 0 aromatic heterocycles. The van der Waals surface area contributed by atoms with Gasteiger partial charge >= 0.3 is 0 Å². The number of ether oxygens (including phenoxy) is 1. The minimum atomic E-state index is -0.0348. The lowest BCUT2D eigenvalue weighted by Gasteiger charge is -2.52. The third-order valence-electron chi connectivity index (χ3n) is 9.28. The number of anilines is 1. The average molecular weight is 460 g/mol. The van der Waals surface area contributed by atoms with Gasteiger partial charge in [0.1, 0.15) is 6.61 Å². The fourth-order valence-corrected chi connectivity index (χ4v) is 7.73. The number of allylic oxidation sites excluding steroid dienone is 4. The van der Waals surface area contributed by atoms with E-state index in [2.05, 4.69) is 56.8 Å². The first-order chi connectivity index (χ1) is 16.3. The highest BCUT2D eigenvalue weighted by molar-refractivity contribution is 5.93. The van der Waals surface area contributed by atoms with Gasteiger partial charge in [-0.2, -0.15) is 0 Å². The van der Waals surface area contributed by atoms with Crippen LogP contribution in [0, 0.1) is 23.2 Å². The van der Waals surface area contributed by atoms with Crippen molar-refractivity contribution in [3.05, 3.63) is 65.5 Å². The molecule has 1 aromatic carbocycles. The van der Waals surface area contributed by atoms with Crippen molar-refractivity contribution in [1.82, 2.24) is 0 Å². The summed E-state index contributed by atoms with van der Waals surface area (Å²) in [5.74, 6) is 1.85. The molecule has 4 aliphatic carbocycles. The van der Waals surface area contributed by atoms with Gasteiger partial charge in [0.25, 0.3) is 0 Å². The Morgan fingerprint density at radius 2 is 1.91 bits per heavy atom. The first-order valence-electron chi connectivity index (χ1n) is 12.8. The first-order valence-corrected chi connectivity index (χ1v) is 12.8. The van der Waals surface area contributed by atoms with Gasteiger partial charge in [0.2, 0.25) is 0 Å². The van der Waals surface area contributed by atoms with Crippen LogP contribution in [0.4, 0.5) is 5.69 Å². The maximum absolute atomic E-state index is 13.2. The Labute approximate surface area is 203 Å². The number of hydrogen-bond donors (Lipinski definition) is 0. The summed E-state index contributed by atoms with van der Waals surface area (Å²) in [5.41, 5.74) is 6.83. The predicted octanol–water partition coefficient (Wildman–Crippen LogP) is 6.00. The molecule has 0 amide bonds. The Bertz CT molecular complexity index is 1060. The minimum absolute atomic E-state index is 0.0348. The van der Waals surface area contributed by atoms with Crippen molar-refractivity contribution < 1.29 is 14.3 Å². The van der Waals surface area contributed by atoms with E-state index in [4.69, 9.17) is 4.74 Å². The van der Waals surface area contributed by atoms with Gasteiger partial charge in [-0.15, -0.1) is 0 Å². The van der Waals surface area contributed by atoms with E-state index in [1.165, 1.54) is 28.7 Å². The van der Waals surface area contributed by atoms with E-state index in [9.17, 15) is 9.59 Å². The second-order valence-corrected chi connectivity index (χ2v) is 11.1. The molecule has 5 atom stereocenters. The van der Waals surface area contributed by atoms with E-state index < -0.39 is 0 Å². The van der Waals surface area contributed by atoms with E-state index in [-0.39, 0.29) is 29.5 Å². The summed E-state index contributed by atoms with van der Waals surface area (Å²) in [6, 6.07) is 8.99. The molecule has 34 heavy (non-hydrogen) atoms. The zero-order valence-electron chi connectivity index (χ0n) is 20.8. The molecule has 180 valence electrons. The quantitative estimate of drug-likeness (QED) is 0.490. The molecule has 4 nitrogen and oxygen atoms in total. The lowest BCUT2D eigenvalue weighted by Crippen LogP contribution is -2.45. The van der Waals surface area contributed by atoms with Crippen molar-refractivity contribution in [3.8, 4) is 0 Å². The molecule has 0 radical (unpaired) electrons. The molecular weight excluding hydrogens is 422 g/mol. The molecule has 5 unspecified atom stereocenters. The van der Waals surface area contributed by atoms with Crippen molar-refractivity contribution in [3.63, 3.8) is 0 Å². The Balaban J connectivity index is 1.59. The normalized spacial score (nSPS) is 32.3. The number of ketones is 2. The molecule has 0 heterocycles. The number of nitrogens with zero attached hydrogens (tertiary/aromatic N) is 1.